The van der Waals surface area contributed by atoms with Gasteiger partial charge in [0.05, 0.1) is 0 Å². The molecule has 1 atom stereocenters. The molecule has 1 heterocycles. The van der Waals surface area contributed by atoms with Crippen molar-refractivity contribution in [1.82, 2.24) is 10.3 Å². The zero-order valence-electron chi connectivity index (χ0n) is 19.1. The van der Waals surface area contributed by atoms with Crippen LogP contribution in [0.3, 0.4) is 0 Å². The molecule has 0 fully saturated rings. The number of nitrogens with zero attached hydrogens (tertiary/aromatic N) is 1. The molecule has 2 amide bonds. The monoisotopic (exact) mass is 463 g/mol. The van der Waals surface area contributed by atoms with Gasteiger partial charge in [0, 0.05) is 34.6 Å². The first-order valence-electron chi connectivity index (χ1n) is 10.8. The zero-order chi connectivity index (χ0) is 23.7. The van der Waals surface area contributed by atoms with Gasteiger partial charge in [-0.05, 0) is 62.7 Å². The molecular formula is C26H29N3O3S. The van der Waals surface area contributed by atoms with Crippen LogP contribution in [0.1, 0.15) is 32.0 Å². The number of thioether (sulfide) groups is 1. The van der Waals surface area contributed by atoms with Crippen LogP contribution in [0.2, 0.25) is 0 Å². The van der Waals surface area contributed by atoms with E-state index in [2.05, 4.69) is 27.8 Å². The van der Waals surface area contributed by atoms with Crippen LogP contribution in [0, 0.1) is 0 Å². The van der Waals surface area contributed by atoms with Crippen molar-refractivity contribution in [3.8, 4) is 0 Å². The highest BCUT2D eigenvalue weighted by Crippen LogP contribution is 2.24. The molecule has 0 saturated heterocycles. The van der Waals surface area contributed by atoms with Crippen molar-refractivity contribution in [1.29, 1.82) is 0 Å². The number of nitrogens with one attached hydrogen (secondary N) is 2. The predicted molar refractivity (Wildman–Crippen MR) is 132 cm³/mol. The Hall–Kier alpha value is -3.32. The molecule has 0 radical (unpaired) electrons. The van der Waals surface area contributed by atoms with Crippen molar-refractivity contribution in [3.05, 3.63) is 90.3 Å². The summed E-state index contributed by atoms with van der Waals surface area (Å²) in [6.07, 6.45) is 1.26. The van der Waals surface area contributed by atoms with Gasteiger partial charge in [0.1, 0.15) is 11.6 Å². The second-order valence-electron chi connectivity index (χ2n) is 8.51. The minimum atomic E-state index is -0.832. The van der Waals surface area contributed by atoms with Gasteiger partial charge < -0.3 is 15.4 Å². The Labute approximate surface area is 199 Å². The van der Waals surface area contributed by atoms with E-state index in [4.69, 9.17) is 4.74 Å². The van der Waals surface area contributed by atoms with Crippen LogP contribution >= 0.6 is 11.8 Å². The van der Waals surface area contributed by atoms with Crippen molar-refractivity contribution < 1.29 is 14.3 Å². The van der Waals surface area contributed by atoms with E-state index in [1.807, 2.05) is 54.6 Å². The lowest BCUT2D eigenvalue weighted by atomic mass is 10.1. The van der Waals surface area contributed by atoms with Crippen LogP contribution in [-0.2, 0) is 21.7 Å². The predicted octanol–water partition coefficient (Wildman–Crippen LogP) is 5.45. The summed E-state index contributed by atoms with van der Waals surface area (Å²) in [5.74, 6) is 0.537. The van der Waals surface area contributed by atoms with Crippen LogP contribution < -0.4 is 10.6 Å². The van der Waals surface area contributed by atoms with Crippen molar-refractivity contribution in [3.63, 3.8) is 0 Å². The molecule has 3 rings (SSSR count). The SMILES string of the molecule is CC(C)(C)OC(=O)N[C@@H](Cc1ccccn1)C(=O)Nc1ccc(SCc2ccccc2)cc1. The number of benzene rings is 2. The third kappa shape index (κ3) is 8.61. The second kappa shape index (κ2) is 11.5. The van der Waals surface area contributed by atoms with Crippen LogP contribution in [-0.4, -0.2) is 28.6 Å². The summed E-state index contributed by atoms with van der Waals surface area (Å²) in [5.41, 5.74) is 1.94. The number of ether oxygens (including phenoxy) is 1. The number of aromatic nitrogens is 1. The van der Waals surface area contributed by atoms with Gasteiger partial charge in [0.2, 0.25) is 5.91 Å². The number of alkyl carbamates (subject to hydrolysis) is 1. The van der Waals surface area contributed by atoms with Crippen LogP contribution in [0.25, 0.3) is 0 Å². The van der Waals surface area contributed by atoms with Crippen LogP contribution in [0.4, 0.5) is 10.5 Å². The molecule has 0 spiro atoms. The number of amides is 2. The summed E-state index contributed by atoms with van der Waals surface area (Å²) in [6, 6.07) is 22.5. The Bertz CT molecular complexity index is 1040. The highest BCUT2D eigenvalue weighted by molar-refractivity contribution is 7.98. The number of anilines is 1. The van der Waals surface area contributed by atoms with E-state index < -0.39 is 17.7 Å². The molecule has 1 aromatic heterocycles. The molecule has 7 heteroatoms. The molecule has 0 aliphatic rings. The topological polar surface area (TPSA) is 80.3 Å². The third-order valence-electron chi connectivity index (χ3n) is 4.52. The van der Waals surface area contributed by atoms with E-state index in [1.54, 1.807) is 44.8 Å². The zero-order valence-corrected chi connectivity index (χ0v) is 19.9. The molecule has 0 aliphatic heterocycles. The lowest BCUT2D eigenvalue weighted by Gasteiger charge is -2.23. The summed E-state index contributed by atoms with van der Waals surface area (Å²) >= 11 is 1.73. The Balaban J connectivity index is 1.63. The summed E-state index contributed by atoms with van der Waals surface area (Å²) in [6.45, 7) is 5.33. The third-order valence-corrected chi connectivity index (χ3v) is 5.60. The van der Waals surface area contributed by atoms with E-state index in [0.29, 0.717) is 11.4 Å². The Morgan fingerprint density at radius 2 is 1.67 bits per heavy atom. The molecule has 33 heavy (non-hydrogen) atoms. The Kier molecular flexibility index (Phi) is 8.49. The highest BCUT2D eigenvalue weighted by atomic mass is 32.2. The van der Waals surface area contributed by atoms with E-state index in [1.165, 1.54) is 5.56 Å². The largest absolute Gasteiger partial charge is 0.444 e. The number of pyridine rings is 1. The number of hydrogen-bond donors (Lipinski definition) is 2. The van der Waals surface area contributed by atoms with Crippen molar-refractivity contribution in [2.45, 2.75) is 49.5 Å². The molecule has 2 N–H and O–H groups in total. The number of hydrogen-bond acceptors (Lipinski definition) is 5. The maximum atomic E-state index is 13.0. The molecular weight excluding hydrogens is 434 g/mol. The normalized spacial score (nSPS) is 12.0. The Morgan fingerprint density at radius 3 is 2.30 bits per heavy atom. The van der Waals surface area contributed by atoms with Crippen LogP contribution in [0.15, 0.2) is 83.9 Å². The first-order valence-corrected chi connectivity index (χ1v) is 11.7. The van der Waals surface area contributed by atoms with Gasteiger partial charge >= 0.3 is 6.09 Å². The molecule has 0 unspecified atom stereocenters. The lowest BCUT2D eigenvalue weighted by molar-refractivity contribution is -0.118. The van der Waals surface area contributed by atoms with Gasteiger partial charge in [-0.15, -0.1) is 11.8 Å². The minimum Gasteiger partial charge on any atom is -0.444 e. The molecule has 0 saturated carbocycles. The van der Waals surface area contributed by atoms with E-state index >= 15 is 0 Å². The molecule has 0 aliphatic carbocycles. The molecule has 172 valence electrons. The summed E-state index contributed by atoms with van der Waals surface area (Å²) in [4.78, 5) is 30.7. The van der Waals surface area contributed by atoms with Crippen molar-refractivity contribution >= 4 is 29.4 Å². The summed E-state index contributed by atoms with van der Waals surface area (Å²) in [5, 5.41) is 5.56. The van der Waals surface area contributed by atoms with Gasteiger partial charge in [0.15, 0.2) is 0 Å². The fourth-order valence-corrected chi connectivity index (χ4v) is 3.85. The number of carbonyl (C=O) groups is 2. The van der Waals surface area contributed by atoms with Gasteiger partial charge in [-0.25, -0.2) is 4.79 Å². The standard InChI is InChI=1S/C26H29N3O3S/c1-26(2,3)32-25(31)29-23(17-21-11-7-8-16-27-21)24(30)28-20-12-14-22(15-13-20)33-18-19-9-5-4-6-10-19/h4-16,23H,17-18H2,1-3H3,(H,28,30)(H,29,31)/t23-/m0/s1. The van der Waals surface area contributed by atoms with E-state index in [-0.39, 0.29) is 12.3 Å². The van der Waals surface area contributed by atoms with Crippen molar-refractivity contribution in [2.24, 2.45) is 0 Å². The lowest BCUT2D eigenvalue weighted by Crippen LogP contribution is -2.47. The van der Waals surface area contributed by atoms with Gasteiger partial charge in [-0.1, -0.05) is 36.4 Å². The van der Waals surface area contributed by atoms with E-state index in [9.17, 15) is 9.59 Å². The number of rotatable bonds is 8. The van der Waals surface area contributed by atoms with E-state index in [0.717, 1.165) is 10.6 Å². The minimum absolute atomic E-state index is 0.247. The maximum Gasteiger partial charge on any atom is 0.408 e. The summed E-state index contributed by atoms with van der Waals surface area (Å²) in [7, 11) is 0. The van der Waals surface area contributed by atoms with Gasteiger partial charge in [-0.3, -0.25) is 9.78 Å². The first-order chi connectivity index (χ1) is 15.8. The quantitative estimate of drug-likeness (QED) is 0.434. The van der Waals surface area contributed by atoms with Crippen LogP contribution in [0.5, 0.6) is 0 Å². The van der Waals surface area contributed by atoms with Crippen molar-refractivity contribution in [2.75, 3.05) is 5.32 Å². The average molecular weight is 464 g/mol. The first kappa shape index (κ1) is 24.3. The smallest absolute Gasteiger partial charge is 0.408 e. The molecule has 3 aromatic rings. The highest BCUT2D eigenvalue weighted by Gasteiger charge is 2.25. The fourth-order valence-electron chi connectivity index (χ4n) is 2.99. The van der Waals surface area contributed by atoms with Gasteiger partial charge in [0.25, 0.3) is 0 Å². The molecule has 2 aromatic carbocycles. The molecule has 6 nitrogen and oxygen atoms in total. The second-order valence-corrected chi connectivity index (χ2v) is 9.56. The molecule has 0 bridgehead atoms. The Morgan fingerprint density at radius 1 is 0.970 bits per heavy atom. The summed E-state index contributed by atoms with van der Waals surface area (Å²) < 4.78 is 5.33. The fraction of sp³-hybridized carbons (Fsp3) is 0.269. The maximum absolute atomic E-state index is 13.0. The number of carbonyl (C=O) groups excluding carboxylic acids is 2. The average Bonchev–Trinajstić information content (AvgIpc) is 2.78. The van der Waals surface area contributed by atoms with Gasteiger partial charge in [-0.2, -0.15) is 0 Å².